The molecule has 0 aromatic rings. The molecule has 1 fully saturated rings. The Morgan fingerprint density at radius 3 is 2.60 bits per heavy atom. The molecule has 2 N–H and O–H groups in total. The Balaban J connectivity index is 2.63. The fourth-order valence-electron chi connectivity index (χ4n) is 1.95. The lowest BCUT2D eigenvalue weighted by Gasteiger charge is -2.43. The number of rotatable bonds is 4. The topological polar surface area (TPSA) is 70.1 Å². The highest BCUT2D eigenvalue weighted by Crippen LogP contribution is 2.41. The lowest BCUT2D eigenvalue weighted by Crippen LogP contribution is -2.52. The van der Waals surface area contributed by atoms with Crippen LogP contribution in [0.5, 0.6) is 0 Å². The van der Waals surface area contributed by atoms with Gasteiger partial charge in [-0.1, -0.05) is 6.42 Å². The van der Waals surface area contributed by atoms with E-state index in [4.69, 9.17) is 11.0 Å². The first-order valence-electron chi connectivity index (χ1n) is 5.41. The number of carbonyl (C=O) groups excluding carboxylic acids is 1. The molecule has 0 bridgehead atoms. The Morgan fingerprint density at radius 1 is 1.67 bits per heavy atom. The summed E-state index contributed by atoms with van der Waals surface area (Å²) < 4.78 is 0. The molecule has 4 heteroatoms. The first-order chi connectivity index (χ1) is 7.07. The maximum Gasteiger partial charge on any atom is 0.230 e. The summed E-state index contributed by atoms with van der Waals surface area (Å²) in [5.41, 5.74) is 5.35. The standard InChI is InChI=1S/C11H19N3O/c1-9(4-7-12)14(2)10(15)11(8-13)5-3-6-11/h9H,3-6,8,13H2,1-2H3. The number of nitrogens with two attached hydrogens (primary N) is 1. The fraction of sp³-hybridized carbons (Fsp3) is 0.818. The van der Waals surface area contributed by atoms with Gasteiger partial charge in [0.25, 0.3) is 0 Å². The molecule has 0 radical (unpaired) electrons. The minimum absolute atomic E-state index is 0.0217. The molecular formula is C11H19N3O. The second-order valence-electron chi connectivity index (χ2n) is 4.47. The number of nitrogens with zero attached hydrogens (tertiary/aromatic N) is 2. The summed E-state index contributed by atoms with van der Waals surface area (Å²) in [6.45, 7) is 2.32. The summed E-state index contributed by atoms with van der Waals surface area (Å²) in [5, 5.41) is 8.59. The molecule has 1 unspecified atom stereocenters. The van der Waals surface area contributed by atoms with Crippen molar-refractivity contribution in [1.82, 2.24) is 4.90 Å². The Labute approximate surface area is 91.0 Å². The van der Waals surface area contributed by atoms with Crippen LogP contribution in [0.25, 0.3) is 0 Å². The van der Waals surface area contributed by atoms with Crippen molar-refractivity contribution in [2.45, 2.75) is 38.6 Å². The van der Waals surface area contributed by atoms with Crippen LogP contribution >= 0.6 is 0 Å². The van der Waals surface area contributed by atoms with Gasteiger partial charge in [-0.15, -0.1) is 0 Å². The van der Waals surface area contributed by atoms with E-state index in [2.05, 4.69) is 6.07 Å². The molecule has 4 nitrogen and oxygen atoms in total. The van der Waals surface area contributed by atoms with Crippen LogP contribution in [0.15, 0.2) is 0 Å². The lowest BCUT2D eigenvalue weighted by molar-refractivity contribution is -0.147. The Bertz CT molecular complexity index is 273. The number of hydrogen-bond acceptors (Lipinski definition) is 3. The highest BCUT2D eigenvalue weighted by atomic mass is 16.2. The van der Waals surface area contributed by atoms with Crippen LogP contribution in [0, 0.1) is 16.7 Å². The summed E-state index contributed by atoms with van der Waals surface area (Å²) >= 11 is 0. The van der Waals surface area contributed by atoms with Gasteiger partial charge in [0.2, 0.25) is 5.91 Å². The SMILES string of the molecule is CC(CC#N)N(C)C(=O)C1(CN)CCC1. The monoisotopic (exact) mass is 209 g/mol. The number of carbonyl (C=O) groups is 1. The van der Waals surface area contributed by atoms with Gasteiger partial charge in [0.15, 0.2) is 0 Å². The van der Waals surface area contributed by atoms with Gasteiger partial charge in [0.1, 0.15) is 0 Å². The van der Waals surface area contributed by atoms with Gasteiger partial charge in [0.05, 0.1) is 17.9 Å². The molecule has 1 aliphatic rings. The van der Waals surface area contributed by atoms with Gasteiger partial charge in [-0.05, 0) is 19.8 Å². The maximum absolute atomic E-state index is 12.1. The van der Waals surface area contributed by atoms with Crippen LogP contribution < -0.4 is 5.73 Å². The summed E-state index contributed by atoms with van der Waals surface area (Å²) in [6.07, 6.45) is 3.25. The predicted molar refractivity (Wildman–Crippen MR) is 57.8 cm³/mol. The molecule has 0 heterocycles. The molecule has 0 saturated heterocycles. The van der Waals surface area contributed by atoms with Gasteiger partial charge < -0.3 is 10.6 Å². The third-order valence-corrected chi connectivity index (χ3v) is 3.52. The van der Waals surface area contributed by atoms with E-state index in [1.165, 1.54) is 0 Å². The normalized spacial score (nSPS) is 19.9. The van der Waals surface area contributed by atoms with Crippen LogP contribution in [-0.4, -0.2) is 30.4 Å². The third kappa shape index (κ3) is 2.13. The molecule has 15 heavy (non-hydrogen) atoms. The average molecular weight is 209 g/mol. The molecular weight excluding hydrogens is 190 g/mol. The highest BCUT2D eigenvalue weighted by Gasteiger charge is 2.44. The molecule has 0 aliphatic heterocycles. The summed E-state index contributed by atoms with van der Waals surface area (Å²) in [7, 11) is 1.76. The largest absolute Gasteiger partial charge is 0.341 e. The van der Waals surface area contributed by atoms with Crippen LogP contribution in [0.3, 0.4) is 0 Å². The molecule has 84 valence electrons. The molecule has 0 spiro atoms. The number of amides is 1. The zero-order valence-corrected chi connectivity index (χ0v) is 9.49. The molecule has 1 rings (SSSR count). The second-order valence-corrected chi connectivity index (χ2v) is 4.47. The summed E-state index contributed by atoms with van der Waals surface area (Å²) in [6, 6.07) is 2.06. The van der Waals surface area contributed by atoms with Gasteiger partial charge >= 0.3 is 0 Å². The Kier molecular flexibility index (Phi) is 3.70. The van der Waals surface area contributed by atoms with Gasteiger partial charge in [-0.3, -0.25) is 4.79 Å². The van der Waals surface area contributed by atoms with Gasteiger partial charge in [0, 0.05) is 19.6 Å². The van der Waals surface area contributed by atoms with Crippen molar-refractivity contribution < 1.29 is 4.79 Å². The summed E-state index contributed by atoms with van der Waals surface area (Å²) in [4.78, 5) is 13.8. The average Bonchev–Trinajstić information content (AvgIpc) is 2.16. The van der Waals surface area contributed by atoms with Gasteiger partial charge in [-0.25, -0.2) is 0 Å². The maximum atomic E-state index is 12.1. The van der Waals surface area contributed by atoms with Crippen molar-refractivity contribution >= 4 is 5.91 Å². The van der Waals surface area contributed by atoms with E-state index in [1.54, 1.807) is 11.9 Å². The van der Waals surface area contributed by atoms with E-state index < -0.39 is 0 Å². The molecule has 1 aliphatic carbocycles. The van der Waals surface area contributed by atoms with E-state index in [1.807, 2.05) is 6.92 Å². The lowest BCUT2D eigenvalue weighted by atomic mass is 9.67. The van der Waals surface area contributed by atoms with Crippen LogP contribution in [0.2, 0.25) is 0 Å². The first-order valence-corrected chi connectivity index (χ1v) is 5.41. The van der Waals surface area contributed by atoms with Crippen molar-refractivity contribution in [2.75, 3.05) is 13.6 Å². The third-order valence-electron chi connectivity index (χ3n) is 3.52. The molecule has 1 atom stereocenters. The second kappa shape index (κ2) is 4.63. The predicted octanol–water partition coefficient (Wildman–Crippen LogP) is 0.876. The van der Waals surface area contributed by atoms with Crippen molar-refractivity contribution in [1.29, 1.82) is 5.26 Å². The molecule has 0 aromatic heterocycles. The zero-order valence-electron chi connectivity index (χ0n) is 9.49. The quantitative estimate of drug-likeness (QED) is 0.747. The van der Waals surface area contributed by atoms with Crippen LogP contribution in [0.4, 0.5) is 0 Å². The van der Waals surface area contributed by atoms with E-state index >= 15 is 0 Å². The number of hydrogen-bond donors (Lipinski definition) is 1. The van der Waals surface area contributed by atoms with E-state index in [9.17, 15) is 4.79 Å². The van der Waals surface area contributed by atoms with E-state index in [0.29, 0.717) is 13.0 Å². The Morgan fingerprint density at radius 2 is 2.27 bits per heavy atom. The molecule has 0 aromatic carbocycles. The van der Waals surface area contributed by atoms with Crippen molar-refractivity contribution in [3.05, 3.63) is 0 Å². The Hall–Kier alpha value is -1.08. The molecule has 1 amide bonds. The fourth-order valence-corrected chi connectivity index (χ4v) is 1.95. The highest BCUT2D eigenvalue weighted by molar-refractivity contribution is 5.84. The minimum atomic E-state index is -0.321. The van der Waals surface area contributed by atoms with E-state index in [-0.39, 0.29) is 17.4 Å². The smallest absolute Gasteiger partial charge is 0.230 e. The van der Waals surface area contributed by atoms with Crippen molar-refractivity contribution in [3.63, 3.8) is 0 Å². The van der Waals surface area contributed by atoms with Crippen molar-refractivity contribution in [3.8, 4) is 6.07 Å². The zero-order chi connectivity index (χ0) is 11.5. The van der Waals surface area contributed by atoms with Crippen LogP contribution in [0.1, 0.15) is 32.6 Å². The van der Waals surface area contributed by atoms with Crippen molar-refractivity contribution in [2.24, 2.45) is 11.1 Å². The minimum Gasteiger partial charge on any atom is -0.341 e. The van der Waals surface area contributed by atoms with Crippen LogP contribution in [-0.2, 0) is 4.79 Å². The number of nitriles is 1. The van der Waals surface area contributed by atoms with E-state index in [0.717, 1.165) is 19.3 Å². The molecule has 1 saturated carbocycles. The first kappa shape index (κ1) is 12.0. The summed E-state index contributed by atoms with van der Waals surface area (Å²) in [5.74, 6) is 0.110. The van der Waals surface area contributed by atoms with Gasteiger partial charge in [-0.2, -0.15) is 5.26 Å².